The second-order valence-corrected chi connectivity index (χ2v) is 3.11. The normalized spacial score (nSPS) is 13.0. The van der Waals surface area contributed by atoms with E-state index in [1.807, 2.05) is 0 Å². The van der Waals surface area contributed by atoms with E-state index in [0.717, 1.165) is 6.08 Å². The zero-order valence-corrected chi connectivity index (χ0v) is 7.04. The van der Waals surface area contributed by atoms with Crippen molar-refractivity contribution < 1.29 is 27.1 Å². The molecule has 0 bridgehead atoms. The van der Waals surface area contributed by atoms with Gasteiger partial charge in [-0.05, 0) is 12.5 Å². The lowest BCUT2D eigenvalue weighted by Crippen LogP contribution is -2.06. The molecule has 0 aromatic heterocycles. The van der Waals surface area contributed by atoms with E-state index < -0.39 is 23.0 Å². The average Bonchev–Trinajstić information content (AvgIpc) is 1.80. The van der Waals surface area contributed by atoms with Crippen molar-refractivity contribution in [1.29, 1.82) is 0 Å². The Bertz CT molecular complexity index is 287. The molecule has 0 rings (SSSR count). The number of carboxylic acid groups (broad SMARTS) is 1. The number of carbonyl (C=O) groups is 1. The molecule has 0 spiro atoms. The number of rotatable bonds is 4. The fourth-order valence-corrected chi connectivity index (χ4v) is 0.755. The summed E-state index contributed by atoms with van der Waals surface area (Å²) in [6.07, 6.45) is 0.783. The quantitative estimate of drug-likeness (QED) is 0.478. The van der Waals surface area contributed by atoms with Gasteiger partial charge in [-0.15, -0.1) is 0 Å². The Labute approximate surface area is 69.4 Å². The van der Waals surface area contributed by atoms with Gasteiger partial charge in [-0.1, -0.05) is 0 Å². The molecule has 0 atom stereocenters. The number of aliphatic carboxylic acids is 1. The monoisotopic (exact) mass is 196 g/mol. The Balaban J connectivity index is 4.05. The molecule has 0 aliphatic carbocycles. The summed E-state index contributed by atoms with van der Waals surface area (Å²) < 4.78 is 31.9. The summed E-state index contributed by atoms with van der Waals surface area (Å²) in [7, 11) is -4.49. The molecule has 0 aromatic rings. The van der Waals surface area contributed by atoms with E-state index in [1.54, 1.807) is 0 Å². The van der Waals surface area contributed by atoms with Crippen LogP contribution in [-0.4, -0.2) is 30.7 Å². The fraction of sp³-hybridized carbons (Fsp3) is 0.400. The highest BCUT2D eigenvalue weighted by atomic mass is 32.3. The molecule has 0 amide bonds. The molecule has 70 valence electrons. The first-order valence-electron chi connectivity index (χ1n) is 2.83. The number of carboxylic acids is 1. The minimum atomic E-state index is -4.49. The summed E-state index contributed by atoms with van der Waals surface area (Å²) in [5.74, 6) is -1.20. The van der Waals surface area contributed by atoms with Gasteiger partial charge in [0.05, 0.1) is 6.61 Å². The molecule has 2 N–H and O–H groups in total. The molecule has 0 fully saturated rings. The van der Waals surface area contributed by atoms with Crippen LogP contribution in [0.5, 0.6) is 0 Å². The van der Waals surface area contributed by atoms with E-state index in [9.17, 15) is 13.2 Å². The van der Waals surface area contributed by atoms with Crippen LogP contribution in [0, 0.1) is 0 Å². The van der Waals surface area contributed by atoms with Gasteiger partial charge in [-0.3, -0.25) is 4.55 Å². The molecule has 6 nitrogen and oxygen atoms in total. The van der Waals surface area contributed by atoms with Crippen LogP contribution in [0.4, 0.5) is 0 Å². The van der Waals surface area contributed by atoms with Crippen molar-refractivity contribution in [2.45, 2.75) is 6.92 Å². The van der Waals surface area contributed by atoms with Gasteiger partial charge in [0.15, 0.2) is 0 Å². The van der Waals surface area contributed by atoms with E-state index in [4.69, 9.17) is 9.66 Å². The predicted molar refractivity (Wildman–Crippen MR) is 38.9 cm³/mol. The lowest BCUT2D eigenvalue weighted by molar-refractivity contribution is -0.131. The molecule has 0 heterocycles. The molecule has 7 heteroatoms. The number of hydrogen-bond acceptors (Lipinski definition) is 4. The highest BCUT2D eigenvalue weighted by molar-refractivity contribution is 7.80. The Morgan fingerprint density at radius 3 is 2.42 bits per heavy atom. The van der Waals surface area contributed by atoms with Crippen LogP contribution in [0.25, 0.3) is 0 Å². The van der Waals surface area contributed by atoms with Crippen LogP contribution in [-0.2, 0) is 19.4 Å². The topological polar surface area (TPSA) is 101 Å². The summed E-state index contributed by atoms with van der Waals surface area (Å²) in [6, 6.07) is 0. The fourth-order valence-electron chi connectivity index (χ4n) is 0.420. The molecule has 0 unspecified atom stereocenters. The smallest absolute Gasteiger partial charge is 0.397 e. The van der Waals surface area contributed by atoms with Gasteiger partial charge in [-0.25, -0.2) is 8.98 Å². The van der Waals surface area contributed by atoms with Gasteiger partial charge in [0, 0.05) is 6.08 Å². The molecule has 0 aromatic carbocycles. The first kappa shape index (κ1) is 11.1. The van der Waals surface area contributed by atoms with E-state index in [0.29, 0.717) is 0 Å². The minimum Gasteiger partial charge on any atom is -0.478 e. The second-order valence-electron chi connectivity index (χ2n) is 2.02. The molecule has 0 aliphatic rings. The SMILES string of the molecule is C/C(=C\C(=O)O)COS(=O)(=O)O. The summed E-state index contributed by atoms with van der Waals surface area (Å²) in [5, 5.41) is 8.17. The third-order valence-corrected chi connectivity index (χ3v) is 1.22. The number of hydrogen-bond donors (Lipinski definition) is 2. The van der Waals surface area contributed by atoms with E-state index in [1.165, 1.54) is 6.92 Å². The first-order chi connectivity index (χ1) is 5.31. The van der Waals surface area contributed by atoms with Gasteiger partial charge in [0.25, 0.3) is 0 Å². The van der Waals surface area contributed by atoms with E-state index >= 15 is 0 Å². The van der Waals surface area contributed by atoms with Gasteiger partial charge in [-0.2, -0.15) is 8.42 Å². The van der Waals surface area contributed by atoms with E-state index in [-0.39, 0.29) is 5.57 Å². The van der Waals surface area contributed by atoms with Crippen molar-refractivity contribution in [2.75, 3.05) is 6.61 Å². The Morgan fingerprint density at radius 1 is 1.58 bits per heavy atom. The van der Waals surface area contributed by atoms with Gasteiger partial charge >= 0.3 is 16.4 Å². The summed E-state index contributed by atoms with van der Waals surface area (Å²) in [4.78, 5) is 9.99. The molecular weight excluding hydrogens is 188 g/mol. The minimum absolute atomic E-state index is 0.181. The third-order valence-electron chi connectivity index (χ3n) is 0.805. The van der Waals surface area contributed by atoms with Crippen LogP contribution in [0.2, 0.25) is 0 Å². The van der Waals surface area contributed by atoms with Crippen molar-refractivity contribution in [2.24, 2.45) is 0 Å². The summed E-state index contributed by atoms with van der Waals surface area (Å²) in [5.41, 5.74) is 0.181. The van der Waals surface area contributed by atoms with Crippen LogP contribution in [0.3, 0.4) is 0 Å². The molecule has 0 aliphatic heterocycles. The Hall–Kier alpha value is -0.920. The molecule has 0 saturated heterocycles. The molecule has 0 saturated carbocycles. The van der Waals surface area contributed by atoms with Gasteiger partial charge in [0.1, 0.15) is 0 Å². The zero-order valence-electron chi connectivity index (χ0n) is 6.22. The van der Waals surface area contributed by atoms with Crippen molar-refractivity contribution >= 4 is 16.4 Å². The van der Waals surface area contributed by atoms with Gasteiger partial charge in [0.2, 0.25) is 0 Å². The van der Waals surface area contributed by atoms with Crippen LogP contribution in [0.1, 0.15) is 6.92 Å². The maximum atomic E-state index is 9.99. The van der Waals surface area contributed by atoms with Crippen molar-refractivity contribution in [3.8, 4) is 0 Å². The van der Waals surface area contributed by atoms with Crippen LogP contribution in [0.15, 0.2) is 11.6 Å². The van der Waals surface area contributed by atoms with Crippen molar-refractivity contribution in [3.05, 3.63) is 11.6 Å². The highest BCUT2D eigenvalue weighted by Crippen LogP contribution is 1.96. The van der Waals surface area contributed by atoms with Crippen LogP contribution >= 0.6 is 0 Å². The van der Waals surface area contributed by atoms with E-state index in [2.05, 4.69) is 4.18 Å². The lowest BCUT2D eigenvalue weighted by atomic mass is 10.3. The predicted octanol–water partition coefficient (Wildman–Crippen LogP) is -0.163. The molecule has 0 radical (unpaired) electrons. The highest BCUT2D eigenvalue weighted by Gasteiger charge is 2.04. The summed E-state index contributed by atoms with van der Waals surface area (Å²) >= 11 is 0. The standard InChI is InChI=1S/C5H8O6S/c1-4(2-5(6)7)3-11-12(8,9)10/h2H,3H2,1H3,(H,6,7)(H,8,9,10)/b4-2+. The second kappa shape index (κ2) is 4.19. The Morgan fingerprint density at radius 2 is 2.08 bits per heavy atom. The largest absolute Gasteiger partial charge is 0.478 e. The zero-order chi connectivity index (χ0) is 9.78. The van der Waals surface area contributed by atoms with Crippen LogP contribution < -0.4 is 0 Å². The Kier molecular flexibility index (Phi) is 3.87. The maximum Gasteiger partial charge on any atom is 0.397 e. The average molecular weight is 196 g/mol. The van der Waals surface area contributed by atoms with Crippen molar-refractivity contribution in [3.63, 3.8) is 0 Å². The van der Waals surface area contributed by atoms with Gasteiger partial charge < -0.3 is 5.11 Å². The third kappa shape index (κ3) is 7.19. The van der Waals surface area contributed by atoms with Crippen molar-refractivity contribution in [1.82, 2.24) is 0 Å². The maximum absolute atomic E-state index is 9.99. The lowest BCUT2D eigenvalue weighted by Gasteiger charge is -1.97. The molecular formula is C5H8O6S. The summed E-state index contributed by atoms with van der Waals surface area (Å²) in [6.45, 7) is 0.893. The molecule has 12 heavy (non-hydrogen) atoms. The first-order valence-corrected chi connectivity index (χ1v) is 4.20.